The van der Waals surface area contributed by atoms with Gasteiger partial charge in [-0.3, -0.25) is 0 Å². The van der Waals surface area contributed by atoms with Gasteiger partial charge in [-0.1, -0.05) is 23.2 Å². The maximum Gasteiger partial charge on any atom is 0.258 e. The maximum absolute atomic E-state index is 11.5. The number of hydrogen-bond donors (Lipinski definition) is 1. The van der Waals surface area contributed by atoms with Crippen LogP contribution in [-0.4, -0.2) is 39.2 Å². The molecule has 3 aromatic rings. The van der Waals surface area contributed by atoms with Gasteiger partial charge in [-0.25, -0.2) is 8.42 Å². The summed E-state index contributed by atoms with van der Waals surface area (Å²) in [6.45, 7) is 0. The van der Waals surface area contributed by atoms with Crippen molar-refractivity contribution in [2.75, 3.05) is 12.0 Å². The van der Waals surface area contributed by atoms with Crippen molar-refractivity contribution in [3.8, 4) is 11.4 Å². The minimum Gasteiger partial charge on any atom is -0.368 e. The fourth-order valence-electron chi connectivity index (χ4n) is 1.73. The molecule has 2 N–H and O–H groups in total. The third-order valence-corrected chi connectivity index (χ3v) is 4.12. The van der Waals surface area contributed by atoms with Gasteiger partial charge in [0, 0.05) is 16.8 Å². The molecule has 0 bridgehead atoms. The molecule has 22 heavy (non-hydrogen) atoms. The van der Waals surface area contributed by atoms with Crippen LogP contribution in [0.25, 0.3) is 17.2 Å². The second-order valence-electron chi connectivity index (χ2n) is 4.41. The molecule has 0 amide bonds. The molecule has 11 heteroatoms. The standard InChI is InChI=1S/C11H8Cl2N6O2S/c1-22(20,21)11-16-9(14)19-10(17-11)15-8(18-19)6-4-5(12)2-3-7(6)13/h2-4H,1H3,(H2,14,15,16,17,18). The predicted molar refractivity (Wildman–Crippen MR) is 81.6 cm³/mol. The Morgan fingerprint density at radius 1 is 1.18 bits per heavy atom. The van der Waals surface area contributed by atoms with Crippen LogP contribution in [0.2, 0.25) is 10.0 Å². The zero-order chi connectivity index (χ0) is 16.1. The second kappa shape index (κ2) is 5.04. The molecule has 0 aliphatic rings. The number of hydrogen-bond acceptors (Lipinski definition) is 7. The van der Waals surface area contributed by atoms with Crippen molar-refractivity contribution in [3.05, 3.63) is 28.2 Å². The van der Waals surface area contributed by atoms with Gasteiger partial charge >= 0.3 is 0 Å². The number of halogens is 2. The van der Waals surface area contributed by atoms with Crippen LogP contribution < -0.4 is 5.73 Å². The Morgan fingerprint density at radius 3 is 2.59 bits per heavy atom. The minimum absolute atomic E-state index is 0.000956. The van der Waals surface area contributed by atoms with Crippen LogP contribution in [0.3, 0.4) is 0 Å². The number of nitrogen functional groups attached to an aromatic ring is 1. The first-order chi connectivity index (χ1) is 10.3. The van der Waals surface area contributed by atoms with Crippen LogP contribution in [0.5, 0.6) is 0 Å². The van der Waals surface area contributed by atoms with Crippen molar-refractivity contribution in [1.82, 2.24) is 24.6 Å². The molecule has 2 aromatic heterocycles. The summed E-state index contributed by atoms with van der Waals surface area (Å²) in [5, 5.41) is 4.54. The number of sulfone groups is 1. The number of benzene rings is 1. The Hall–Kier alpha value is -1.97. The SMILES string of the molecule is CS(=O)(=O)c1nc(N)n2nc(-c3cc(Cl)ccc3Cl)nc2n1. The first-order valence-electron chi connectivity index (χ1n) is 5.81. The Labute approximate surface area is 134 Å². The van der Waals surface area contributed by atoms with Gasteiger partial charge in [0.25, 0.3) is 10.9 Å². The average molecular weight is 359 g/mol. The van der Waals surface area contributed by atoms with E-state index in [1.807, 2.05) is 0 Å². The highest BCUT2D eigenvalue weighted by Crippen LogP contribution is 2.28. The third kappa shape index (κ3) is 2.58. The van der Waals surface area contributed by atoms with Crippen molar-refractivity contribution in [1.29, 1.82) is 0 Å². The second-order valence-corrected chi connectivity index (χ2v) is 7.16. The molecule has 2 heterocycles. The van der Waals surface area contributed by atoms with Crippen molar-refractivity contribution >= 4 is 44.8 Å². The van der Waals surface area contributed by atoms with Crippen LogP contribution in [0.15, 0.2) is 23.4 Å². The highest BCUT2D eigenvalue weighted by molar-refractivity contribution is 7.90. The van der Waals surface area contributed by atoms with Gasteiger partial charge in [-0.15, -0.1) is 5.10 Å². The zero-order valence-electron chi connectivity index (χ0n) is 11.0. The fraction of sp³-hybridized carbons (Fsp3) is 0.0909. The molecule has 0 radical (unpaired) electrons. The predicted octanol–water partition coefficient (Wildman–Crippen LogP) is 1.48. The lowest BCUT2D eigenvalue weighted by molar-refractivity contribution is 0.592. The van der Waals surface area contributed by atoms with Gasteiger partial charge in [0.2, 0.25) is 15.8 Å². The fourth-order valence-corrected chi connectivity index (χ4v) is 2.62. The molecule has 3 rings (SSSR count). The van der Waals surface area contributed by atoms with Gasteiger partial charge in [-0.05, 0) is 18.2 Å². The van der Waals surface area contributed by atoms with E-state index in [-0.39, 0.29) is 17.6 Å². The number of anilines is 1. The third-order valence-electron chi connectivity index (χ3n) is 2.71. The zero-order valence-corrected chi connectivity index (χ0v) is 13.4. The summed E-state index contributed by atoms with van der Waals surface area (Å²) in [5.41, 5.74) is 6.17. The largest absolute Gasteiger partial charge is 0.368 e. The van der Waals surface area contributed by atoms with Gasteiger partial charge < -0.3 is 5.73 Å². The summed E-state index contributed by atoms with van der Waals surface area (Å²) < 4.78 is 24.2. The molecule has 0 spiro atoms. The molecule has 0 aliphatic carbocycles. The van der Waals surface area contributed by atoms with E-state index in [2.05, 4.69) is 20.1 Å². The van der Waals surface area contributed by atoms with E-state index < -0.39 is 15.0 Å². The van der Waals surface area contributed by atoms with E-state index in [4.69, 9.17) is 28.9 Å². The summed E-state index contributed by atoms with van der Waals surface area (Å²) in [6, 6.07) is 4.81. The Morgan fingerprint density at radius 2 is 1.91 bits per heavy atom. The van der Waals surface area contributed by atoms with E-state index in [1.165, 1.54) is 0 Å². The Kier molecular flexibility index (Phi) is 3.42. The molecule has 0 saturated carbocycles. The van der Waals surface area contributed by atoms with Gasteiger partial charge in [0.05, 0.1) is 5.02 Å². The monoisotopic (exact) mass is 358 g/mol. The van der Waals surface area contributed by atoms with E-state index in [0.717, 1.165) is 10.8 Å². The molecule has 1 aromatic carbocycles. The van der Waals surface area contributed by atoms with Crippen LogP contribution in [0, 0.1) is 0 Å². The lowest BCUT2D eigenvalue weighted by Gasteiger charge is -1.99. The molecule has 114 valence electrons. The van der Waals surface area contributed by atoms with E-state index in [9.17, 15) is 8.42 Å². The number of nitrogens with zero attached hydrogens (tertiary/aromatic N) is 5. The van der Waals surface area contributed by atoms with Crippen molar-refractivity contribution in [2.24, 2.45) is 0 Å². The Balaban J connectivity index is 2.26. The van der Waals surface area contributed by atoms with Crippen LogP contribution in [0.1, 0.15) is 0 Å². The van der Waals surface area contributed by atoms with Gasteiger partial charge in [0.1, 0.15) is 0 Å². The molecular weight excluding hydrogens is 351 g/mol. The summed E-state index contributed by atoms with van der Waals surface area (Å²) in [6.07, 6.45) is 0.976. The van der Waals surface area contributed by atoms with Gasteiger partial charge in [0.15, 0.2) is 5.82 Å². The lowest BCUT2D eigenvalue weighted by atomic mass is 10.2. The van der Waals surface area contributed by atoms with E-state index in [1.54, 1.807) is 18.2 Å². The minimum atomic E-state index is -3.62. The summed E-state index contributed by atoms with van der Waals surface area (Å²) >= 11 is 12.0. The lowest BCUT2D eigenvalue weighted by Crippen LogP contribution is -2.11. The first-order valence-corrected chi connectivity index (χ1v) is 8.46. The first kappa shape index (κ1) is 14.9. The molecule has 8 nitrogen and oxygen atoms in total. The van der Waals surface area contributed by atoms with Crippen molar-refractivity contribution in [3.63, 3.8) is 0 Å². The topological polar surface area (TPSA) is 116 Å². The van der Waals surface area contributed by atoms with Gasteiger partial charge in [-0.2, -0.15) is 19.5 Å². The van der Waals surface area contributed by atoms with Crippen LogP contribution in [-0.2, 0) is 9.84 Å². The molecule has 0 atom stereocenters. The van der Waals surface area contributed by atoms with Crippen LogP contribution >= 0.6 is 23.2 Å². The molecule has 0 fully saturated rings. The number of fused-ring (bicyclic) bond motifs is 1. The number of nitrogens with two attached hydrogens (primary N) is 1. The highest BCUT2D eigenvalue weighted by Gasteiger charge is 2.18. The summed E-state index contributed by atoms with van der Waals surface area (Å²) in [4.78, 5) is 11.7. The molecule has 0 aliphatic heterocycles. The molecule has 0 saturated heterocycles. The normalized spacial score (nSPS) is 12.0. The van der Waals surface area contributed by atoms with Crippen LogP contribution in [0.4, 0.5) is 5.95 Å². The summed E-state index contributed by atoms with van der Waals surface area (Å²) in [7, 11) is -3.62. The molecule has 0 unspecified atom stereocenters. The maximum atomic E-state index is 11.5. The number of aromatic nitrogens is 5. The summed E-state index contributed by atoms with van der Waals surface area (Å²) in [5.74, 6) is 0.0560. The van der Waals surface area contributed by atoms with Crippen molar-refractivity contribution in [2.45, 2.75) is 5.16 Å². The van der Waals surface area contributed by atoms with E-state index >= 15 is 0 Å². The van der Waals surface area contributed by atoms with Crippen molar-refractivity contribution < 1.29 is 8.42 Å². The average Bonchev–Trinajstić information content (AvgIpc) is 2.85. The Bertz CT molecular complexity index is 1000. The number of rotatable bonds is 2. The van der Waals surface area contributed by atoms with E-state index in [0.29, 0.717) is 15.6 Å². The quantitative estimate of drug-likeness (QED) is 0.737. The highest BCUT2D eigenvalue weighted by atomic mass is 35.5. The molecular formula is C11H8Cl2N6O2S. The smallest absolute Gasteiger partial charge is 0.258 e.